The zero-order chi connectivity index (χ0) is 8.62. The van der Waals surface area contributed by atoms with Crippen LogP contribution in [0, 0.1) is 5.41 Å². The van der Waals surface area contributed by atoms with E-state index >= 15 is 0 Å². The average molecular weight is 148 g/mol. The van der Waals surface area contributed by atoms with E-state index in [2.05, 4.69) is 13.8 Å². The maximum Gasteiger partial charge on any atom is 0.0504 e. The van der Waals surface area contributed by atoms with Crippen LogP contribution in [0.5, 0.6) is 0 Å². The van der Waals surface area contributed by atoms with Gasteiger partial charge in [0.15, 0.2) is 0 Å². The van der Waals surface area contributed by atoms with Crippen LogP contribution in [-0.2, 0) is 0 Å². The molecule has 0 bridgehead atoms. The maximum atomic E-state index is 8.43. The van der Waals surface area contributed by atoms with Crippen LogP contribution in [0.25, 0.3) is 0 Å². The molecule has 0 aromatic heterocycles. The van der Waals surface area contributed by atoms with Gasteiger partial charge in [-0.1, -0.05) is 34.1 Å². The summed E-state index contributed by atoms with van der Waals surface area (Å²) in [5, 5.41) is 16.9. The average Bonchev–Trinajstić information content (AvgIpc) is 1.90. The van der Waals surface area contributed by atoms with Crippen LogP contribution >= 0.6 is 0 Å². The molecule has 2 heteroatoms. The molecule has 0 amide bonds. The van der Waals surface area contributed by atoms with Crippen LogP contribution in [0.1, 0.15) is 34.1 Å². The summed E-state index contributed by atoms with van der Waals surface area (Å²) in [5.74, 6) is 0. The van der Waals surface area contributed by atoms with Gasteiger partial charge in [-0.25, -0.2) is 0 Å². The lowest BCUT2D eigenvalue weighted by atomic mass is 9.97. The molecule has 0 radical (unpaired) electrons. The molecule has 0 aliphatic carbocycles. The summed E-state index contributed by atoms with van der Waals surface area (Å²) in [4.78, 5) is 0. The van der Waals surface area contributed by atoms with Gasteiger partial charge in [0.05, 0.1) is 13.2 Å². The molecule has 0 unspecified atom stereocenters. The van der Waals surface area contributed by atoms with Gasteiger partial charge in [0.2, 0.25) is 0 Å². The van der Waals surface area contributed by atoms with Crippen LogP contribution < -0.4 is 0 Å². The van der Waals surface area contributed by atoms with E-state index in [1.165, 1.54) is 6.42 Å². The Labute approximate surface area is 63.9 Å². The standard InChI is InChI=1S/C5H12O2.C3H8/c1-5(2,3-6)4-7;1-3-2/h6-7H,3-4H2,1-2H3;3H2,1-2H3. The van der Waals surface area contributed by atoms with E-state index in [1.807, 2.05) is 0 Å². The van der Waals surface area contributed by atoms with Gasteiger partial charge < -0.3 is 10.2 Å². The number of aliphatic hydroxyl groups is 2. The van der Waals surface area contributed by atoms with E-state index in [4.69, 9.17) is 10.2 Å². The van der Waals surface area contributed by atoms with Crippen molar-refractivity contribution in [3.8, 4) is 0 Å². The Morgan fingerprint density at radius 1 is 1.00 bits per heavy atom. The Morgan fingerprint density at radius 2 is 1.20 bits per heavy atom. The molecule has 0 spiro atoms. The molecule has 0 saturated carbocycles. The van der Waals surface area contributed by atoms with E-state index in [0.717, 1.165) is 0 Å². The minimum atomic E-state index is -0.306. The lowest BCUT2D eigenvalue weighted by molar-refractivity contribution is 0.0857. The van der Waals surface area contributed by atoms with Crippen molar-refractivity contribution in [1.29, 1.82) is 0 Å². The van der Waals surface area contributed by atoms with Crippen LogP contribution in [0.2, 0.25) is 0 Å². The Balaban J connectivity index is 0. The van der Waals surface area contributed by atoms with Gasteiger partial charge in [-0.15, -0.1) is 0 Å². The van der Waals surface area contributed by atoms with E-state index < -0.39 is 0 Å². The van der Waals surface area contributed by atoms with Crippen molar-refractivity contribution in [2.24, 2.45) is 5.41 Å². The maximum absolute atomic E-state index is 8.43. The monoisotopic (exact) mass is 148 g/mol. The predicted molar refractivity (Wildman–Crippen MR) is 43.9 cm³/mol. The highest BCUT2D eigenvalue weighted by Crippen LogP contribution is 2.10. The number of rotatable bonds is 2. The second-order valence-corrected chi connectivity index (χ2v) is 3.19. The summed E-state index contributed by atoms with van der Waals surface area (Å²) in [6.45, 7) is 7.94. The highest BCUT2D eigenvalue weighted by molar-refractivity contribution is 4.62. The van der Waals surface area contributed by atoms with Gasteiger partial charge >= 0.3 is 0 Å². The summed E-state index contributed by atoms with van der Waals surface area (Å²) in [6.07, 6.45) is 1.25. The Morgan fingerprint density at radius 3 is 1.20 bits per heavy atom. The number of aliphatic hydroxyl groups excluding tert-OH is 2. The zero-order valence-corrected chi connectivity index (χ0v) is 7.52. The van der Waals surface area contributed by atoms with E-state index in [0.29, 0.717) is 0 Å². The van der Waals surface area contributed by atoms with Gasteiger partial charge in [-0.2, -0.15) is 0 Å². The normalized spacial score (nSPS) is 10.2. The summed E-state index contributed by atoms with van der Waals surface area (Å²) in [6, 6.07) is 0. The van der Waals surface area contributed by atoms with E-state index in [-0.39, 0.29) is 18.6 Å². The third-order valence-electron chi connectivity index (χ3n) is 0.856. The molecule has 0 aromatic carbocycles. The summed E-state index contributed by atoms with van der Waals surface area (Å²) >= 11 is 0. The molecule has 2 nitrogen and oxygen atoms in total. The minimum absolute atomic E-state index is 0.0451. The third-order valence-corrected chi connectivity index (χ3v) is 0.856. The fourth-order valence-electron chi connectivity index (χ4n) is 0.0500. The van der Waals surface area contributed by atoms with E-state index in [9.17, 15) is 0 Å². The van der Waals surface area contributed by atoms with Gasteiger partial charge in [0.1, 0.15) is 0 Å². The lowest BCUT2D eigenvalue weighted by Gasteiger charge is -2.16. The van der Waals surface area contributed by atoms with Crippen LogP contribution in [0.3, 0.4) is 0 Å². The summed E-state index contributed by atoms with van der Waals surface area (Å²) < 4.78 is 0. The van der Waals surface area contributed by atoms with Crippen molar-refractivity contribution < 1.29 is 10.2 Å². The Bertz CT molecular complexity index is 54.3. The van der Waals surface area contributed by atoms with Crippen LogP contribution in [0.4, 0.5) is 0 Å². The molecular formula is C8H20O2. The Kier molecular flexibility index (Phi) is 8.85. The first-order valence-electron chi connectivity index (χ1n) is 3.75. The summed E-state index contributed by atoms with van der Waals surface area (Å²) in [5.41, 5.74) is -0.306. The van der Waals surface area contributed by atoms with Gasteiger partial charge in [-0.05, 0) is 0 Å². The largest absolute Gasteiger partial charge is 0.396 e. The predicted octanol–water partition coefficient (Wildman–Crippen LogP) is 1.41. The van der Waals surface area contributed by atoms with Crippen molar-refractivity contribution in [2.45, 2.75) is 34.1 Å². The molecule has 0 heterocycles. The number of hydrogen-bond acceptors (Lipinski definition) is 2. The molecule has 0 rings (SSSR count). The van der Waals surface area contributed by atoms with Crippen molar-refractivity contribution in [3.63, 3.8) is 0 Å². The van der Waals surface area contributed by atoms with Crippen molar-refractivity contribution >= 4 is 0 Å². The highest BCUT2D eigenvalue weighted by atomic mass is 16.3. The Hall–Kier alpha value is -0.0800. The van der Waals surface area contributed by atoms with Gasteiger partial charge in [-0.3, -0.25) is 0 Å². The quantitative estimate of drug-likeness (QED) is 0.621. The zero-order valence-electron chi connectivity index (χ0n) is 7.52. The number of hydrogen-bond donors (Lipinski definition) is 2. The lowest BCUT2D eigenvalue weighted by Crippen LogP contribution is -2.20. The molecule has 64 valence electrons. The second kappa shape index (κ2) is 7.03. The van der Waals surface area contributed by atoms with Gasteiger partial charge in [0.25, 0.3) is 0 Å². The van der Waals surface area contributed by atoms with Crippen molar-refractivity contribution in [2.75, 3.05) is 13.2 Å². The topological polar surface area (TPSA) is 40.5 Å². The first kappa shape index (κ1) is 12.6. The molecule has 0 aromatic rings. The first-order valence-corrected chi connectivity index (χ1v) is 3.75. The van der Waals surface area contributed by atoms with Gasteiger partial charge in [0, 0.05) is 5.41 Å². The highest BCUT2D eigenvalue weighted by Gasteiger charge is 2.13. The molecule has 0 fully saturated rings. The van der Waals surface area contributed by atoms with Crippen LogP contribution in [-0.4, -0.2) is 23.4 Å². The fraction of sp³-hybridized carbons (Fsp3) is 1.00. The second-order valence-electron chi connectivity index (χ2n) is 3.19. The van der Waals surface area contributed by atoms with E-state index in [1.54, 1.807) is 13.8 Å². The fourth-order valence-corrected chi connectivity index (χ4v) is 0.0500. The minimum Gasteiger partial charge on any atom is -0.396 e. The molecule has 0 saturated heterocycles. The SMILES string of the molecule is CC(C)(CO)CO.CCC. The third kappa shape index (κ3) is 10.8. The first-order chi connectivity index (χ1) is 4.54. The molecular weight excluding hydrogens is 128 g/mol. The molecule has 10 heavy (non-hydrogen) atoms. The molecule has 0 aliphatic heterocycles. The smallest absolute Gasteiger partial charge is 0.0504 e. The molecule has 0 aliphatic rings. The summed E-state index contributed by atoms with van der Waals surface area (Å²) in [7, 11) is 0. The van der Waals surface area contributed by atoms with Crippen LogP contribution in [0.15, 0.2) is 0 Å². The van der Waals surface area contributed by atoms with Crippen molar-refractivity contribution in [3.05, 3.63) is 0 Å². The molecule has 0 atom stereocenters. The molecule has 2 N–H and O–H groups in total. The van der Waals surface area contributed by atoms with Crippen molar-refractivity contribution in [1.82, 2.24) is 0 Å².